The number of carbonyl (C=O) groups is 2. The molecular weight excluding hydrogens is 306 g/mol. The van der Waals surface area contributed by atoms with E-state index in [1.54, 1.807) is 13.2 Å². The average molecular weight is 327 g/mol. The van der Waals surface area contributed by atoms with E-state index in [-0.39, 0.29) is 17.5 Å². The highest BCUT2D eigenvalue weighted by molar-refractivity contribution is 6.04. The highest BCUT2D eigenvalue weighted by Gasteiger charge is 2.12. The number of benzene rings is 1. The van der Waals surface area contributed by atoms with E-state index < -0.39 is 0 Å². The van der Waals surface area contributed by atoms with Crippen molar-refractivity contribution in [2.24, 2.45) is 0 Å². The Labute approximate surface area is 141 Å². The Morgan fingerprint density at radius 3 is 2.58 bits per heavy atom. The van der Waals surface area contributed by atoms with E-state index >= 15 is 0 Å². The van der Waals surface area contributed by atoms with E-state index in [0.717, 1.165) is 12.0 Å². The number of nitrogens with one attached hydrogen (secondary N) is 2. The lowest BCUT2D eigenvalue weighted by Crippen LogP contribution is -2.25. The summed E-state index contributed by atoms with van der Waals surface area (Å²) in [5.74, 6) is -0.592. The first kappa shape index (κ1) is 17.6. The first-order valence-corrected chi connectivity index (χ1v) is 7.71. The summed E-state index contributed by atoms with van der Waals surface area (Å²) in [5, 5.41) is 5.54. The minimum Gasteiger partial charge on any atom is -0.385 e. The second-order valence-electron chi connectivity index (χ2n) is 5.35. The molecule has 1 aromatic heterocycles. The first-order chi connectivity index (χ1) is 11.6. The standard InChI is InChI=1S/C18H21N3O3/c1-13-4-6-15(7-5-13)21-18(23)16-12-14(8-10-19-16)17(22)20-9-3-11-24-2/h4-8,10,12H,3,9,11H2,1-2H3,(H,20,22)(H,21,23). The van der Waals surface area contributed by atoms with Gasteiger partial charge in [0.15, 0.2) is 0 Å². The van der Waals surface area contributed by atoms with Crippen molar-refractivity contribution >= 4 is 17.5 Å². The van der Waals surface area contributed by atoms with Crippen LogP contribution < -0.4 is 10.6 Å². The van der Waals surface area contributed by atoms with Gasteiger partial charge in [-0.3, -0.25) is 14.6 Å². The molecule has 6 heteroatoms. The molecule has 0 fully saturated rings. The number of carbonyl (C=O) groups excluding carboxylic acids is 2. The van der Waals surface area contributed by atoms with Gasteiger partial charge in [0.2, 0.25) is 0 Å². The van der Waals surface area contributed by atoms with Crippen LogP contribution in [-0.2, 0) is 4.74 Å². The van der Waals surface area contributed by atoms with Crippen molar-refractivity contribution in [3.05, 3.63) is 59.4 Å². The number of nitrogens with zero attached hydrogens (tertiary/aromatic N) is 1. The van der Waals surface area contributed by atoms with Gasteiger partial charge in [0, 0.05) is 37.7 Å². The van der Waals surface area contributed by atoms with E-state index in [0.29, 0.717) is 24.4 Å². The molecule has 1 aromatic carbocycles. The van der Waals surface area contributed by atoms with Gasteiger partial charge in [0.05, 0.1) is 0 Å². The number of amides is 2. The van der Waals surface area contributed by atoms with Crippen LogP contribution in [0.3, 0.4) is 0 Å². The van der Waals surface area contributed by atoms with E-state index in [2.05, 4.69) is 15.6 Å². The smallest absolute Gasteiger partial charge is 0.274 e. The number of pyridine rings is 1. The van der Waals surface area contributed by atoms with E-state index in [1.165, 1.54) is 12.3 Å². The fourth-order valence-electron chi connectivity index (χ4n) is 2.05. The Bertz CT molecular complexity index is 699. The van der Waals surface area contributed by atoms with Crippen molar-refractivity contribution in [3.63, 3.8) is 0 Å². The molecular formula is C18H21N3O3. The topological polar surface area (TPSA) is 80.3 Å². The van der Waals surface area contributed by atoms with Crippen LogP contribution in [0.1, 0.15) is 32.8 Å². The molecule has 0 unspecified atom stereocenters. The van der Waals surface area contributed by atoms with Gasteiger partial charge in [0.25, 0.3) is 11.8 Å². The van der Waals surface area contributed by atoms with Crippen LogP contribution in [0, 0.1) is 6.92 Å². The highest BCUT2D eigenvalue weighted by Crippen LogP contribution is 2.11. The highest BCUT2D eigenvalue weighted by atomic mass is 16.5. The summed E-state index contributed by atoms with van der Waals surface area (Å²) >= 11 is 0. The fraction of sp³-hybridized carbons (Fsp3) is 0.278. The van der Waals surface area contributed by atoms with Crippen LogP contribution in [0.4, 0.5) is 5.69 Å². The molecule has 0 saturated heterocycles. The molecule has 1 heterocycles. The lowest BCUT2D eigenvalue weighted by Gasteiger charge is -2.07. The van der Waals surface area contributed by atoms with Gasteiger partial charge < -0.3 is 15.4 Å². The Morgan fingerprint density at radius 1 is 1.12 bits per heavy atom. The summed E-state index contributed by atoms with van der Waals surface area (Å²) in [4.78, 5) is 28.4. The van der Waals surface area contributed by atoms with Crippen LogP contribution in [0.15, 0.2) is 42.6 Å². The zero-order valence-corrected chi connectivity index (χ0v) is 13.8. The molecule has 2 amide bonds. The summed E-state index contributed by atoms with van der Waals surface area (Å²) in [7, 11) is 1.61. The quantitative estimate of drug-likeness (QED) is 0.765. The Morgan fingerprint density at radius 2 is 1.88 bits per heavy atom. The summed E-state index contributed by atoms with van der Waals surface area (Å²) in [6.07, 6.45) is 2.18. The van der Waals surface area contributed by atoms with Gasteiger partial charge in [-0.15, -0.1) is 0 Å². The predicted octanol–water partition coefficient (Wildman–Crippen LogP) is 2.41. The molecule has 126 valence electrons. The molecule has 24 heavy (non-hydrogen) atoms. The number of aromatic nitrogens is 1. The molecule has 0 saturated carbocycles. The van der Waals surface area contributed by atoms with E-state index in [9.17, 15) is 9.59 Å². The number of rotatable bonds is 7. The Balaban J connectivity index is 1.99. The SMILES string of the molecule is COCCCNC(=O)c1ccnc(C(=O)Nc2ccc(C)cc2)c1. The molecule has 0 bridgehead atoms. The Kier molecular flexibility index (Phi) is 6.45. The van der Waals surface area contributed by atoms with Gasteiger partial charge in [0.1, 0.15) is 5.69 Å². The number of aryl methyl sites for hydroxylation is 1. The van der Waals surface area contributed by atoms with Crippen LogP contribution in [0.5, 0.6) is 0 Å². The van der Waals surface area contributed by atoms with Crippen LogP contribution in [0.2, 0.25) is 0 Å². The monoisotopic (exact) mass is 327 g/mol. The summed E-state index contributed by atoms with van der Waals surface area (Å²) in [5.41, 5.74) is 2.39. The second kappa shape index (κ2) is 8.79. The summed E-state index contributed by atoms with van der Waals surface area (Å²) in [6, 6.07) is 10.5. The van der Waals surface area contributed by atoms with E-state index in [1.807, 2.05) is 31.2 Å². The van der Waals surface area contributed by atoms with Crippen molar-refractivity contribution < 1.29 is 14.3 Å². The molecule has 0 radical (unpaired) electrons. The van der Waals surface area contributed by atoms with Gasteiger partial charge in [-0.2, -0.15) is 0 Å². The summed E-state index contributed by atoms with van der Waals surface area (Å²) in [6.45, 7) is 3.07. The molecule has 0 aliphatic rings. The minimum absolute atomic E-state index is 0.195. The van der Waals surface area contributed by atoms with Gasteiger partial charge in [-0.1, -0.05) is 17.7 Å². The van der Waals surface area contributed by atoms with Crippen molar-refractivity contribution in [2.45, 2.75) is 13.3 Å². The third-order valence-corrected chi connectivity index (χ3v) is 3.37. The second-order valence-corrected chi connectivity index (χ2v) is 5.35. The van der Waals surface area contributed by atoms with Crippen molar-refractivity contribution in [1.29, 1.82) is 0 Å². The maximum atomic E-state index is 12.3. The number of anilines is 1. The molecule has 2 aromatic rings. The number of hydrogen-bond donors (Lipinski definition) is 2. The van der Waals surface area contributed by atoms with Crippen molar-refractivity contribution in [1.82, 2.24) is 10.3 Å². The minimum atomic E-state index is -0.354. The largest absolute Gasteiger partial charge is 0.385 e. The molecule has 0 aliphatic carbocycles. The van der Waals surface area contributed by atoms with Gasteiger partial charge >= 0.3 is 0 Å². The number of methoxy groups -OCH3 is 1. The molecule has 2 N–H and O–H groups in total. The molecule has 0 spiro atoms. The Hall–Kier alpha value is -2.73. The van der Waals surface area contributed by atoms with Crippen LogP contribution in [0.25, 0.3) is 0 Å². The molecule has 0 atom stereocenters. The average Bonchev–Trinajstić information content (AvgIpc) is 2.60. The normalized spacial score (nSPS) is 10.2. The van der Waals surface area contributed by atoms with Gasteiger partial charge in [-0.25, -0.2) is 0 Å². The third kappa shape index (κ3) is 5.17. The maximum Gasteiger partial charge on any atom is 0.274 e. The first-order valence-electron chi connectivity index (χ1n) is 7.71. The number of hydrogen-bond acceptors (Lipinski definition) is 4. The van der Waals surface area contributed by atoms with Crippen LogP contribution >= 0.6 is 0 Å². The molecule has 2 rings (SSSR count). The summed E-state index contributed by atoms with van der Waals surface area (Å²) < 4.78 is 4.93. The van der Waals surface area contributed by atoms with Crippen molar-refractivity contribution in [3.8, 4) is 0 Å². The maximum absolute atomic E-state index is 12.3. The predicted molar refractivity (Wildman–Crippen MR) is 92.2 cm³/mol. The fourth-order valence-corrected chi connectivity index (χ4v) is 2.05. The molecule has 0 aliphatic heterocycles. The van der Waals surface area contributed by atoms with Crippen LogP contribution in [-0.4, -0.2) is 37.1 Å². The third-order valence-electron chi connectivity index (χ3n) is 3.37. The van der Waals surface area contributed by atoms with Gasteiger partial charge in [-0.05, 0) is 37.6 Å². The lowest BCUT2D eigenvalue weighted by molar-refractivity contribution is 0.0948. The zero-order valence-electron chi connectivity index (χ0n) is 13.8. The number of ether oxygens (including phenoxy) is 1. The zero-order chi connectivity index (χ0) is 17.4. The molecule has 6 nitrogen and oxygen atoms in total. The lowest BCUT2D eigenvalue weighted by atomic mass is 10.2. The van der Waals surface area contributed by atoms with E-state index in [4.69, 9.17) is 4.74 Å². The van der Waals surface area contributed by atoms with Crippen molar-refractivity contribution in [2.75, 3.05) is 25.6 Å².